The Morgan fingerprint density at radius 2 is 1.89 bits per heavy atom. The van der Waals surface area contributed by atoms with E-state index >= 15 is 0 Å². The predicted molar refractivity (Wildman–Crippen MR) is 74.5 cm³/mol. The highest BCUT2D eigenvalue weighted by Gasteiger charge is 2.13. The van der Waals surface area contributed by atoms with Gasteiger partial charge in [0.15, 0.2) is 0 Å². The first-order chi connectivity index (χ1) is 8.97. The maximum atomic E-state index is 12.0. The van der Waals surface area contributed by atoms with Gasteiger partial charge < -0.3 is 0 Å². The van der Waals surface area contributed by atoms with Crippen LogP contribution in [0.3, 0.4) is 0 Å². The van der Waals surface area contributed by atoms with Gasteiger partial charge in [-0.15, -0.1) is 0 Å². The molecule has 0 saturated heterocycles. The van der Waals surface area contributed by atoms with Crippen LogP contribution >= 0.6 is 11.6 Å². The van der Waals surface area contributed by atoms with Crippen molar-refractivity contribution in [3.63, 3.8) is 0 Å². The summed E-state index contributed by atoms with van der Waals surface area (Å²) in [6.07, 6.45) is 1.54. The van der Waals surface area contributed by atoms with Crippen molar-refractivity contribution in [1.29, 1.82) is 0 Å². The number of rotatable bonds is 4. The molecule has 0 fully saturated rings. The molecular weight excluding hydrogens is 284 g/mol. The zero-order valence-electron chi connectivity index (χ0n) is 10.3. The van der Waals surface area contributed by atoms with Crippen molar-refractivity contribution in [2.24, 2.45) is 0 Å². The summed E-state index contributed by atoms with van der Waals surface area (Å²) in [5, 5.41) is 0.340. The summed E-state index contributed by atoms with van der Waals surface area (Å²) in [6.45, 7) is 2.08. The number of nitrogens with one attached hydrogen (secondary N) is 1. The van der Waals surface area contributed by atoms with E-state index in [1.165, 1.54) is 6.20 Å². The molecular formula is C13H13ClN2O2S. The van der Waals surface area contributed by atoms with Gasteiger partial charge in [0.25, 0.3) is 0 Å². The summed E-state index contributed by atoms with van der Waals surface area (Å²) in [6, 6.07) is 10.0. The minimum atomic E-state index is -3.50. The number of aromatic nitrogens is 1. The second kappa shape index (κ2) is 5.69. The molecule has 0 radical (unpaired) electrons. The van der Waals surface area contributed by atoms with E-state index in [0.717, 1.165) is 11.1 Å². The van der Waals surface area contributed by atoms with Crippen LogP contribution in [-0.4, -0.2) is 13.4 Å². The SMILES string of the molecule is Cc1ccc(S(=O)(=O)NCc2ccnc(Cl)c2)cc1. The van der Waals surface area contributed by atoms with Gasteiger partial charge in [0, 0.05) is 12.7 Å². The molecule has 2 rings (SSSR count). The smallest absolute Gasteiger partial charge is 0.240 e. The van der Waals surface area contributed by atoms with Gasteiger partial charge in [-0.1, -0.05) is 29.3 Å². The molecule has 0 bridgehead atoms. The standard InChI is InChI=1S/C13H13ClN2O2S/c1-10-2-4-12(5-3-10)19(17,18)16-9-11-6-7-15-13(14)8-11/h2-8,16H,9H2,1H3. The van der Waals surface area contributed by atoms with Gasteiger partial charge in [0.2, 0.25) is 10.0 Å². The van der Waals surface area contributed by atoms with Crippen molar-refractivity contribution < 1.29 is 8.42 Å². The summed E-state index contributed by atoms with van der Waals surface area (Å²) in [7, 11) is -3.50. The second-order valence-electron chi connectivity index (χ2n) is 4.12. The third-order valence-corrected chi connectivity index (χ3v) is 4.21. The first-order valence-corrected chi connectivity index (χ1v) is 7.50. The summed E-state index contributed by atoms with van der Waals surface area (Å²) in [5.74, 6) is 0. The van der Waals surface area contributed by atoms with Crippen molar-refractivity contribution in [1.82, 2.24) is 9.71 Å². The Bertz CT molecular complexity index is 669. The average molecular weight is 297 g/mol. The minimum absolute atomic E-state index is 0.179. The molecule has 2 aromatic rings. The van der Waals surface area contributed by atoms with Crippen LogP contribution in [0.1, 0.15) is 11.1 Å². The third-order valence-electron chi connectivity index (χ3n) is 2.59. The largest absolute Gasteiger partial charge is 0.245 e. The van der Waals surface area contributed by atoms with Crippen molar-refractivity contribution >= 4 is 21.6 Å². The number of halogens is 1. The summed E-state index contributed by atoms with van der Waals surface area (Å²) >= 11 is 5.74. The quantitative estimate of drug-likeness (QED) is 0.882. The van der Waals surface area contributed by atoms with Crippen LogP contribution in [0.4, 0.5) is 0 Å². The van der Waals surface area contributed by atoms with E-state index in [0.29, 0.717) is 5.15 Å². The molecule has 0 aliphatic heterocycles. The van der Waals surface area contributed by atoms with E-state index in [1.54, 1.807) is 36.4 Å². The van der Waals surface area contributed by atoms with Crippen LogP contribution < -0.4 is 4.72 Å². The average Bonchev–Trinajstić information content (AvgIpc) is 2.37. The van der Waals surface area contributed by atoms with Crippen LogP contribution in [0.15, 0.2) is 47.5 Å². The monoisotopic (exact) mass is 296 g/mol. The van der Waals surface area contributed by atoms with Crippen LogP contribution in [0.2, 0.25) is 5.15 Å². The molecule has 4 nitrogen and oxygen atoms in total. The van der Waals surface area contributed by atoms with E-state index in [2.05, 4.69) is 9.71 Å². The Morgan fingerprint density at radius 3 is 2.53 bits per heavy atom. The zero-order valence-corrected chi connectivity index (χ0v) is 11.9. The summed E-state index contributed by atoms with van der Waals surface area (Å²) < 4.78 is 26.6. The lowest BCUT2D eigenvalue weighted by Crippen LogP contribution is -2.23. The second-order valence-corrected chi connectivity index (χ2v) is 6.28. The predicted octanol–water partition coefficient (Wildman–Crippen LogP) is 2.52. The molecule has 0 aliphatic carbocycles. The number of sulfonamides is 1. The lowest BCUT2D eigenvalue weighted by Gasteiger charge is -2.07. The molecule has 100 valence electrons. The minimum Gasteiger partial charge on any atom is -0.245 e. The molecule has 1 aromatic heterocycles. The normalized spacial score (nSPS) is 11.5. The molecule has 6 heteroatoms. The van der Waals surface area contributed by atoms with E-state index in [1.807, 2.05) is 6.92 Å². The Labute approximate surface area is 117 Å². The van der Waals surface area contributed by atoms with Crippen molar-refractivity contribution in [2.45, 2.75) is 18.4 Å². The highest BCUT2D eigenvalue weighted by atomic mass is 35.5. The molecule has 0 atom stereocenters. The number of hydrogen-bond acceptors (Lipinski definition) is 3. The number of benzene rings is 1. The lowest BCUT2D eigenvalue weighted by atomic mass is 10.2. The van der Waals surface area contributed by atoms with E-state index < -0.39 is 10.0 Å². The van der Waals surface area contributed by atoms with E-state index in [4.69, 9.17) is 11.6 Å². The molecule has 0 aliphatic rings. The molecule has 1 aromatic carbocycles. The number of aryl methyl sites for hydroxylation is 1. The van der Waals surface area contributed by atoms with Gasteiger partial charge in [-0.3, -0.25) is 0 Å². The Hall–Kier alpha value is -1.43. The van der Waals surface area contributed by atoms with Gasteiger partial charge >= 0.3 is 0 Å². The molecule has 0 unspecified atom stereocenters. The lowest BCUT2D eigenvalue weighted by molar-refractivity contribution is 0.581. The van der Waals surface area contributed by atoms with E-state index in [-0.39, 0.29) is 11.4 Å². The molecule has 0 spiro atoms. The van der Waals surface area contributed by atoms with Gasteiger partial charge in [-0.05, 0) is 36.8 Å². The van der Waals surface area contributed by atoms with Gasteiger partial charge in [0.1, 0.15) is 5.15 Å². The molecule has 0 saturated carbocycles. The van der Waals surface area contributed by atoms with Crippen molar-refractivity contribution in [2.75, 3.05) is 0 Å². The topological polar surface area (TPSA) is 59.1 Å². The molecule has 19 heavy (non-hydrogen) atoms. The number of hydrogen-bond donors (Lipinski definition) is 1. The maximum Gasteiger partial charge on any atom is 0.240 e. The number of nitrogens with zero attached hydrogens (tertiary/aromatic N) is 1. The van der Waals surface area contributed by atoms with Gasteiger partial charge in [0.05, 0.1) is 4.90 Å². The van der Waals surface area contributed by atoms with Crippen LogP contribution in [-0.2, 0) is 16.6 Å². The fourth-order valence-electron chi connectivity index (χ4n) is 1.53. The zero-order chi connectivity index (χ0) is 13.9. The van der Waals surface area contributed by atoms with Gasteiger partial charge in [-0.25, -0.2) is 18.1 Å². The third kappa shape index (κ3) is 3.76. The number of pyridine rings is 1. The van der Waals surface area contributed by atoms with Crippen molar-refractivity contribution in [3.8, 4) is 0 Å². The highest BCUT2D eigenvalue weighted by molar-refractivity contribution is 7.89. The highest BCUT2D eigenvalue weighted by Crippen LogP contribution is 2.12. The molecule has 1 N–H and O–H groups in total. The fourth-order valence-corrected chi connectivity index (χ4v) is 2.75. The fraction of sp³-hybridized carbons (Fsp3) is 0.154. The van der Waals surface area contributed by atoms with Crippen LogP contribution in [0.5, 0.6) is 0 Å². The first kappa shape index (κ1) is 14.0. The summed E-state index contributed by atoms with van der Waals surface area (Å²) in [4.78, 5) is 4.09. The van der Waals surface area contributed by atoms with Crippen LogP contribution in [0.25, 0.3) is 0 Å². The van der Waals surface area contributed by atoms with Crippen molar-refractivity contribution in [3.05, 3.63) is 58.9 Å². The Kier molecular flexibility index (Phi) is 4.19. The summed E-state index contributed by atoms with van der Waals surface area (Å²) in [5.41, 5.74) is 1.77. The molecule has 1 heterocycles. The Balaban J connectivity index is 2.12. The first-order valence-electron chi connectivity index (χ1n) is 5.64. The van der Waals surface area contributed by atoms with Gasteiger partial charge in [-0.2, -0.15) is 0 Å². The van der Waals surface area contributed by atoms with Crippen LogP contribution in [0, 0.1) is 6.92 Å². The maximum absolute atomic E-state index is 12.0. The Morgan fingerprint density at radius 1 is 1.21 bits per heavy atom. The molecule has 0 amide bonds. The van der Waals surface area contributed by atoms with E-state index in [9.17, 15) is 8.42 Å².